The second kappa shape index (κ2) is 11.1. The van der Waals surface area contributed by atoms with Crippen LogP contribution in [0.4, 0.5) is 0 Å². The van der Waals surface area contributed by atoms with Crippen LogP contribution in [0.5, 0.6) is 5.75 Å². The molecule has 1 aliphatic heterocycles. The van der Waals surface area contributed by atoms with Gasteiger partial charge in [0.05, 0.1) is 35.5 Å². The van der Waals surface area contributed by atoms with E-state index in [-0.39, 0.29) is 37.1 Å². The number of aromatic amines is 1. The summed E-state index contributed by atoms with van der Waals surface area (Å²) in [5.41, 5.74) is 2.08. The number of hydrogen-bond donors (Lipinski definition) is 2. The minimum atomic E-state index is -0.669. The first-order valence-electron chi connectivity index (χ1n) is 12.8. The molecular weight excluding hydrogens is 500 g/mol. The van der Waals surface area contributed by atoms with Crippen LogP contribution in [0, 0.1) is 5.92 Å². The second-order valence-corrected chi connectivity index (χ2v) is 9.63. The van der Waals surface area contributed by atoms with Crippen molar-refractivity contribution in [2.45, 2.75) is 13.3 Å². The molecule has 0 bridgehead atoms. The minimum absolute atomic E-state index is 0.0619. The van der Waals surface area contributed by atoms with Gasteiger partial charge in [-0.1, -0.05) is 25.1 Å². The van der Waals surface area contributed by atoms with Gasteiger partial charge in [0.1, 0.15) is 5.75 Å². The molecule has 1 unspecified atom stereocenters. The number of nitrogens with zero attached hydrogens (tertiary/aromatic N) is 5. The summed E-state index contributed by atoms with van der Waals surface area (Å²) in [6, 6.07) is 10.8. The Bertz CT molecular complexity index is 1500. The number of benzene rings is 1. The van der Waals surface area contributed by atoms with E-state index in [9.17, 15) is 19.5 Å². The van der Waals surface area contributed by atoms with Crippen molar-refractivity contribution in [1.29, 1.82) is 0 Å². The Labute approximate surface area is 225 Å². The van der Waals surface area contributed by atoms with Gasteiger partial charge in [0.25, 0.3) is 17.6 Å². The molecule has 5 rings (SSSR count). The van der Waals surface area contributed by atoms with Gasteiger partial charge in [-0.05, 0) is 30.5 Å². The maximum Gasteiger partial charge on any atom is 0.295 e. The predicted molar refractivity (Wildman–Crippen MR) is 143 cm³/mol. The number of H-pyrrole nitrogens is 1. The zero-order valence-corrected chi connectivity index (χ0v) is 21.8. The molecule has 0 saturated carbocycles. The van der Waals surface area contributed by atoms with Gasteiger partial charge < -0.3 is 24.6 Å². The van der Waals surface area contributed by atoms with Gasteiger partial charge in [-0.2, -0.15) is 5.10 Å². The zero-order chi connectivity index (χ0) is 27.5. The topological polar surface area (TPSA) is 134 Å². The van der Waals surface area contributed by atoms with Crippen LogP contribution >= 0.6 is 0 Å². The van der Waals surface area contributed by atoms with Gasteiger partial charge in [-0.15, -0.1) is 0 Å². The monoisotopic (exact) mass is 530 g/mol. The molecule has 3 aromatic heterocycles. The van der Waals surface area contributed by atoms with Crippen molar-refractivity contribution >= 4 is 28.5 Å². The van der Waals surface area contributed by atoms with Gasteiger partial charge in [-0.3, -0.25) is 14.4 Å². The molecule has 0 radical (unpaired) electrons. The Balaban J connectivity index is 1.35. The van der Waals surface area contributed by atoms with E-state index in [1.54, 1.807) is 27.9 Å². The highest BCUT2D eigenvalue weighted by atomic mass is 16.5. The van der Waals surface area contributed by atoms with Crippen LogP contribution in [0.2, 0.25) is 0 Å². The summed E-state index contributed by atoms with van der Waals surface area (Å²) in [4.78, 5) is 50.1. The largest absolute Gasteiger partial charge is 0.494 e. The lowest BCUT2D eigenvalue weighted by molar-refractivity contribution is -0.127. The molecule has 1 atom stereocenters. The Morgan fingerprint density at radius 1 is 1.08 bits per heavy atom. The summed E-state index contributed by atoms with van der Waals surface area (Å²) in [5.74, 6) is -0.529. The average Bonchev–Trinajstić information content (AvgIpc) is 3.64. The van der Waals surface area contributed by atoms with E-state index in [0.29, 0.717) is 47.5 Å². The van der Waals surface area contributed by atoms with Crippen molar-refractivity contribution < 1.29 is 24.2 Å². The first kappa shape index (κ1) is 26.1. The number of aliphatic hydroxyl groups is 1. The van der Waals surface area contributed by atoms with Crippen molar-refractivity contribution in [3.05, 3.63) is 71.8 Å². The maximum absolute atomic E-state index is 13.4. The lowest BCUT2D eigenvalue weighted by Crippen LogP contribution is -2.52. The fourth-order valence-corrected chi connectivity index (χ4v) is 4.76. The van der Waals surface area contributed by atoms with Gasteiger partial charge in [0.2, 0.25) is 0 Å². The van der Waals surface area contributed by atoms with Crippen LogP contribution in [0.15, 0.2) is 55.0 Å². The molecular formula is C28H30N6O5. The van der Waals surface area contributed by atoms with Crippen molar-refractivity contribution in [2.75, 3.05) is 39.9 Å². The smallest absolute Gasteiger partial charge is 0.295 e. The third-order valence-corrected chi connectivity index (χ3v) is 6.92. The first-order valence-corrected chi connectivity index (χ1v) is 12.8. The SMILES string of the molecule is COc1cnc(-n2ccc(CC(C)CO)n2)c2[nH]cc(C(=O)C(=O)N3CCN(C(=O)c4ccccc4)CC3)c12. The van der Waals surface area contributed by atoms with Crippen molar-refractivity contribution in [3.8, 4) is 11.6 Å². The van der Waals surface area contributed by atoms with Gasteiger partial charge in [0.15, 0.2) is 5.82 Å². The number of piperazine rings is 1. The number of ether oxygens (including phenoxy) is 1. The van der Waals surface area contributed by atoms with Gasteiger partial charge >= 0.3 is 0 Å². The summed E-state index contributed by atoms with van der Waals surface area (Å²) in [7, 11) is 1.48. The van der Waals surface area contributed by atoms with Crippen molar-refractivity contribution in [1.82, 2.24) is 29.5 Å². The number of pyridine rings is 1. The van der Waals surface area contributed by atoms with Crippen LogP contribution in [-0.4, -0.2) is 92.1 Å². The van der Waals surface area contributed by atoms with Crippen LogP contribution in [0.1, 0.15) is 33.3 Å². The molecule has 39 heavy (non-hydrogen) atoms. The summed E-state index contributed by atoms with van der Waals surface area (Å²) >= 11 is 0. The van der Waals surface area contributed by atoms with Gasteiger partial charge in [0, 0.05) is 50.7 Å². The predicted octanol–water partition coefficient (Wildman–Crippen LogP) is 2.10. The Morgan fingerprint density at radius 2 is 1.79 bits per heavy atom. The lowest BCUT2D eigenvalue weighted by Gasteiger charge is -2.34. The van der Waals surface area contributed by atoms with Crippen LogP contribution in [0.3, 0.4) is 0 Å². The number of aromatic nitrogens is 4. The number of amides is 2. The standard InChI is InChI=1S/C28H30N6O5/c1-18(17-35)14-20-8-9-34(31-20)26-24-23(22(39-2)16-30-26)21(15-29-24)25(36)28(38)33-12-10-32(11-13-33)27(37)19-6-4-3-5-7-19/h3-9,15-16,18,29,35H,10-14,17H2,1-2H3. The van der Waals surface area contributed by atoms with Crippen LogP contribution in [-0.2, 0) is 11.2 Å². The van der Waals surface area contributed by atoms with E-state index < -0.39 is 11.7 Å². The molecule has 1 fully saturated rings. The number of ketones is 1. The lowest BCUT2D eigenvalue weighted by atomic mass is 10.1. The molecule has 1 saturated heterocycles. The summed E-state index contributed by atoms with van der Waals surface area (Å²) in [5, 5.41) is 14.4. The van der Waals surface area contributed by atoms with Crippen LogP contribution in [0.25, 0.3) is 16.7 Å². The third-order valence-electron chi connectivity index (χ3n) is 6.92. The van der Waals surface area contributed by atoms with Crippen molar-refractivity contribution in [3.63, 3.8) is 0 Å². The Hall–Kier alpha value is -4.51. The molecule has 1 aromatic carbocycles. The number of carbonyl (C=O) groups excluding carboxylic acids is 3. The number of methoxy groups -OCH3 is 1. The zero-order valence-electron chi connectivity index (χ0n) is 21.8. The molecule has 4 aromatic rings. The summed E-state index contributed by atoms with van der Waals surface area (Å²) < 4.78 is 7.08. The number of nitrogens with one attached hydrogen (secondary N) is 1. The number of aliphatic hydroxyl groups excluding tert-OH is 1. The number of fused-ring (bicyclic) bond motifs is 1. The molecule has 11 heteroatoms. The van der Waals surface area contributed by atoms with E-state index in [1.807, 2.05) is 31.2 Å². The molecule has 4 heterocycles. The molecule has 0 spiro atoms. The fourth-order valence-electron chi connectivity index (χ4n) is 4.76. The van der Waals surface area contributed by atoms with E-state index in [0.717, 1.165) is 5.69 Å². The first-order chi connectivity index (χ1) is 18.9. The van der Waals surface area contributed by atoms with Crippen LogP contribution < -0.4 is 4.74 Å². The molecule has 0 aliphatic carbocycles. The Morgan fingerprint density at radius 3 is 2.49 bits per heavy atom. The van der Waals surface area contributed by atoms with E-state index in [1.165, 1.54) is 24.4 Å². The second-order valence-electron chi connectivity index (χ2n) is 9.63. The highest BCUT2D eigenvalue weighted by Crippen LogP contribution is 2.32. The van der Waals surface area contributed by atoms with E-state index in [2.05, 4.69) is 15.1 Å². The minimum Gasteiger partial charge on any atom is -0.494 e. The number of Topliss-reactive ketones (excluding diaryl/α,β-unsaturated/α-hetero) is 1. The maximum atomic E-state index is 13.4. The van der Waals surface area contributed by atoms with E-state index in [4.69, 9.17) is 4.74 Å². The van der Waals surface area contributed by atoms with Crippen molar-refractivity contribution in [2.24, 2.45) is 5.92 Å². The summed E-state index contributed by atoms with van der Waals surface area (Å²) in [6.45, 7) is 3.20. The van der Waals surface area contributed by atoms with E-state index >= 15 is 0 Å². The quantitative estimate of drug-likeness (QED) is 0.263. The summed E-state index contributed by atoms with van der Waals surface area (Å²) in [6.07, 6.45) is 5.36. The molecule has 2 amide bonds. The van der Waals surface area contributed by atoms with Gasteiger partial charge in [-0.25, -0.2) is 9.67 Å². The number of rotatable bonds is 8. The number of hydrogen-bond acceptors (Lipinski definition) is 7. The highest BCUT2D eigenvalue weighted by Gasteiger charge is 2.31. The molecule has 202 valence electrons. The third kappa shape index (κ3) is 5.13. The molecule has 2 N–H and O–H groups in total. The highest BCUT2D eigenvalue weighted by molar-refractivity contribution is 6.45. The number of carbonyl (C=O) groups is 3. The average molecular weight is 531 g/mol. The Kier molecular flexibility index (Phi) is 7.42. The normalized spacial score (nSPS) is 14.4. The fraction of sp³-hybridized carbons (Fsp3) is 0.321. The molecule has 1 aliphatic rings. The molecule has 11 nitrogen and oxygen atoms in total.